The first-order valence-corrected chi connectivity index (χ1v) is 40.2. The van der Waals surface area contributed by atoms with Gasteiger partial charge in [-0.1, -0.05) is 239 Å². The summed E-state index contributed by atoms with van der Waals surface area (Å²) in [5, 5.41) is 17.8. The lowest BCUT2D eigenvalue weighted by Crippen LogP contribution is -2.41. The Morgan fingerprint density at radius 3 is 1.16 bits per heavy atom. The van der Waals surface area contributed by atoms with E-state index in [0.717, 1.165) is 184 Å². The van der Waals surface area contributed by atoms with Crippen LogP contribution >= 0.6 is 11.6 Å². The maximum Gasteiger partial charge on any atom is 0.515 e. The third kappa shape index (κ3) is 14.4. The Kier molecular flexibility index (Phi) is 20.1. The standard InChI is InChI=1S/C46H26N4O2.C31H18ClN3O.C21H20BNO3.C4H8O.2CH4/c1-2-9-27(10-3-1)44-48-45(50-46(49-44)35-14-8-16-38-41(35)34-13-6-7-15-37(34)51-38)33-20-18-30-23-32(19-17-31(30)24-33)43-42-36-25-28-11-4-5-12-29(28)26-40(36)52-39(42)21-22-47-43;32-23-16-15-20-17-22(14-13-21(20)18-23)30-33-29(19-7-2-1-3-8-19)34-31(35-30)25-10-6-12-27-28(25)24-9-4-5-11-26(24)36-27;1-20(2)21(3,4)26-22(25-20)19-18-15-11-13-7-5-6-8-14(13)12-17(15)24-16(18)9-10-23-19;1-2-4-5-3-1;;/h1-26H;1-18H;5-12H,1-4H3;1-4H2;2*1H4. The molecule has 588 valence electrons. The zero-order valence-electron chi connectivity index (χ0n) is 65.2. The molecule has 10 heterocycles. The summed E-state index contributed by atoms with van der Waals surface area (Å²) in [5.74, 6) is 3.64. The summed E-state index contributed by atoms with van der Waals surface area (Å²) in [6.45, 7) is 10.2. The Morgan fingerprint density at radius 2 is 0.661 bits per heavy atom. The minimum Gasteiger partial charge on any atom is -0.456 e. The number of nitrogens with zero attached hydrogens (tertiary/aromatic N) is 8. The van der Waals surface area contributed by atoms with Gasteiger partial charge in [-0.3, -0.25) is 9.97 Å². The lowest BCUT2D eigenvalue weighted by Gasteiger charge is -2.32. The Balaban J connectivity index is 0.000000122. The van der Waals surface area contributed by atoms with Gasteiger partial charge in [-0.2, -0.15) is 0 Å². The fourth-order valence-electron chi connectivity index (χ4n) is 16.2. The van der Waals surface area contributed by atoms with Crippen molar-refractivity contribution >= 4 is 155 Å². The number of benzene rings is 14. The minimum absolute atomic E-state index is 0. The maximum atomic E-state index is 6.33. The summed E-state index contributed by atoms with van der Waals surface area (Å²) in [4.78, 5) is 39.4. The number of rotatable bonds is 8. The Morgan fingerprint density at radius 1 is 0.289 bits per heavy atom. The predicted octanol–water partition coefficient (Wildman–Crippen LogP) is 27.1. The van der Waals surface area contributed by atoms with E-state index in [-0.39, 0.29) is 14.9 Å². The topological polar surface area (TPSA) is 183 Å². The molecule has 0 bridgehead atoms. The van der Waals surface area contributed by atoms with Crippen LogP contribution in [0, 0.1) is 0 Å². The number of halogens is 1. The number of fused-ring (bicyclic) bond motifs is 16. The van der Waals surface area contributed by atoms with Gasteiger partial charge < -0.3 is 31.7 Å². The fourth-order valence-corrected chi connectivity index (χ4v) is 16.4. The van der Waals surface area contributed by atoms with Crippen LogP contribution in [0.25, 0.3) is 210 Å². The highest BCUT2D eigenvalue weighted by Gasteiger charge is 2.53. The number of aromatic nitrogens is 8. The summed E-state index contributed by atoms with van der Waals surface area (Å²) in [5.41, 5.74) is 14.0. The van der Waals surface area contributed by atoms with Gasteiger partial charge in [0.25, 0.3) is 0 Å². The highest BCUT2D eigenvalue weighted by molar-refractivity contribution is 6.65. The molecular weight excluding hydrogens is 1520 g/mol. The number of para-hydroxylation sites is 2. The van der Waals surface area contributed by atoms with Gasteiger partial charge >= 0.3 is 7.12 Å². The maximum absolute atomic E-state index is 6.33. The first-order valence-electron chi connectivity index (χ1n) is 39.8. The van der Waals surface area contributed by atoms with Gasteiger partial charge in [0.05, 0.1) is 27.9 Å². The molecule has 121 heavy (non-hydrogen) atoms. The normalized spacial score (nSPS) is 13.6. The number of pyridine rings is 2. The van der Waals surface area contributed by atoms with E-state index in [1.807, 2.05) is 216 Å². The smallest absolute Gasteiger partial charge is 0.456 e. The van der Waals surface area contributed by atoms with Crippen molar-refractivity contribution in [2.24, 2.45) is 0 Å². The monoisotopic (exact) mass is 1600 g/mol. The average Bonchev–Trinajstić information content (AvgIpc) is 1.60. The second-order valence-electron chi connectivity index (χ2n) is 31.0. The van der Waals surface area contributed by atoms with Crippen molar-refractivity contribution in [2.45, 2.75) is 66.6 Å². The molecule has 0 N–H and O–H groups in total. The number of furan rings is 4. The van der Waals surface area contributed by atoms with Gasteiger partial charge in [0, 0.05) is 107 Å². The van der Waals surface area contributed by atoms with Crippen LogP contribution in [0.4, 0.5) is 0 Å². The SMILES string of the molecule is C.C.C1CCOC1.CC1(C)OB(c2nccc3oc4cc5ccccc5cc4c23)OC1(C)C.Clc1ccc2cc(-c3nc(-c4ccccc4)nc(-c4cccc5oc6ccccc6c45)n3)ccc2c1.c1ccc(-c2nc(-c3ccc4cc(-c5nccc6oc7cc8ccccc8cc7c56)ccc4c3)nc(-c3cccc4oc5ccccc5c34)n2)cc1. The van der Waals surface area contributed by atoms with Crippen LogP contribution in [0.15, 0.2) is 333 Å². The van der Waals surface area contributed by atoms with Crippen molar-refractivity contribution in [1.29, 1.82) is 0 Å². The lowest BCUT2D eigenvalue weighted by molar-refractivity contribution is 0.00578. The number of ether oxygens (including phenoxy) is 1. The Bertz CT molecular complexity index is 7710. The number of hydrogen-bond donors (Lipinski definition) is 0. The zero-order valence-corrected chi connectivity index (χ0v) is 66.0. The molecule has 0 unspecified atom stereocenters. The van der Waals surface area contributed by atoms with E-state index in [4.69, 9.17) is 78.2 Å². The van der Waals surface area contributed by atoms with Crippen molar-refractivity contribution in [2.75, 3.05) is 13.2 Å². The lowest BCUT2D eigenvalue weighted by atomic mass is 9.81. The van der Waals surface area contributed by atoms with E-state index in [0.29, 0.717) is 40.0 Å². The largest absolute Gasteiger partial charge is 0.515 e. The minimum atomic E-state index is -0.518. The highest BCUT2D eigenvalue weighted by Crippen LogP contribution is 2.44. The van der Waals surface area contributed by atoms with Crippen molar-refractivity contribution in [3.63, 3.8) is 0 Å². The van der Waals surface area contributed by atoms with Gasteiger partial charge in [-0.05, 0) is 175 Å². The second kappa shape index (κ2) is 31.6. The molecule has 0 spiro atoms. The van der Waals surface area contributed by atoms with Crippen molar-refractivity contribution in [1.82, 2.24) is 39.9 Å². The molecule has 2 aliphatic rings. The summed E-state index contributed by atoms with van der Waals surface area (Å²) in [6, 6.07) is 102. The molecule has 8 aromatic heterocycles. The molecule has 24 rings (SSSR count). The average molecular weight is 1600 g/mol. The first-order chi connectivity index (χ1) is 58.3. The molecule has 17 heteroatoms. The van der Waals surface area contributed by atoms with E-state index in [9.17, 15) is 0 Å². The molecule has 0 radical (unpaired) electrons. The fraction of sp³-hybridized carbons (Fsp3) is 0.115. The molecule has 15 nitrogen and oxygen atoms in total. The molecule has 0 atom stereocenters. The van der Waals surface area contributed by atoms with Crippen LogP contribution in [-0.4, -0.2) is 71.4 Å². The molecule has 2 aliphatic heterocycles. The summed E-state index contributed by atoms with van der Waals surface area (Å²) in [6.07, 6.45) is 6.13. The molecule has 0 saturated carbocycles. The van der Waals surface area contributed by atoms with Crippen molar-refractivity contribution < 1.29 is 31.7 Å². The van der Waals surface area contributed by atoms with Crippen LogP contribution in [0.3, 0.4) is 0 Å². The van der Waals surface area contributed by atoms with E-state index >= 15 is 0 Å². The van der Waals surface area contributed by atoms with Crippen LogP contribution < -0.4 is 5.59 Å². The molecule has 0 aliphatic carbocycles. The van der Waals surface area contributed by atoms with Gasteiger partial charge in [-0.25, -0.2) is 29.9 Å². The van der Waals surface area contributed by atoms with E-state index in [2.05, 4.69) is 126 Å². The first kappa shape index (κ1) is 76.8. The van der Waals surface area contributed by atoms with Crippen molar-refractivity contribution in [3.8, 4) is 79.6 Å². The van der Waals surface area contributed by atoms with Crippen LogP contribution in [0.2, 0.25) is 5.02 Å². The zero-order chi connectivity index (χ0) is 79.9. The molecule has 0 amide bonds. The van der Waals surface area contributed by atoms with E-state index in [1.54, 1.807) is 6.20 Å². The van der Waals surface area contributed by atoms with Gasteiger partial charge in [0.1, 0.15) is 44.7 Å². The summed E-state index contributed by atoms with van der Waals surface area (Å²) in [7, 11) is -0.518. The van der Waals surface area contributed by atoms with Gasteiger partial charge in [0.2, 0.25) is 0 Å². The molecule has 2 saturated heterocycles. The van der Waals surface area contributed by atoms with Crippen molar-refractivity contribution in [3.05, 3.63) is 321 Å². The quantitative estimate of drug-likeness (QED) is 0.131. The molecule has 22 aromatic rings. The third-order valence-electron chi connectivity index (χ3n) is 22.9. The van der Waals surface area contributed by atoms with Crippen LogP contribution in [0.5, 0.6) is 0 Å². The van der Waals surface area contributed by atoms with Crippen LogP contribution in [-0.2, 0) is 14.0 Å². The Labute approximate surface area is 702 Å². The van der Waals surface area contributed by atoms with E-state index in [1.165, 1.54) is 23.6 Å². The van der Waals surface area contributed by atoms with Gasteiger partial charge in [0.15, 0.2) is 34.9 Å². The third-order valence-corrected chi connectivity index (χ3v) is 23.1. The van der Waals surface area contributed by atoms with E-state index < -0.39 is 18.3 Å². The highest BCUT2D eigenvalue weighted by atomic mass is 35.5. The summed E-state index contributed by atoms with van der Waals surface area (Å²) >= 11 is 6.19. The Hall–Kier alpha value is -14.1. The number of hydrogen-bond acceptors (Lipinski definition) is 15. The molecule has 14 aromatic carbocycles. The predicted molar refractivity (Wildman–Crippen MR) is 493 cm³/mol. The van der Waals surface area contributed by atoms with Gasteiger partial charge in [-0.15, -0.1) is 0 Å². The second-order valence-corrected chi connectivity index (χ2v) is 31.4. The molecule has 2 fully saturated rings. The van der Waals surface area contributed by atoms with Crippen LogP contribution in [0.1, 0.15) is 55.4 Å². The molecular formula is C104H80BClN8O7. The summed E-state index contributed by atoms with van der Waals surface area (Å²) < 4.78 is 42.2.